The first-order valence-electron chi connectivity index (χ1n) is 6.04. The number of ether oxygens (including phenoxy) is 1. The summed E-state index contributed by atoms with van der Waals surface area (Å²) in [5, 5.41) is 3.63. The highest BCUT2D eigenvalue weighted by Crippen LogP contribution is 2.31. The van der Waals surface area contributed by atoms with Gasteiger partial charge in [0.05, 0.1) is 6.61 Å². The van der Waals surface area contributed by atoms with E-state index >= 15 is 0 Å². The molecule has 0 spiro atoms. The van der Waals surface area contributed by atoms with E-state index < -0.39 is 0 Å². The minimum Gasteiger partial charge on any atom is -0.380 e. The van der Waals surface area contributed by atoms with Crippen LogP contribution < -0.4 is 5.32 Å². The van der Waals surface area contributed by atoms with Gasteiger partial charge in [0.2, 0.25) is 0 Å². The first-order chi connectivity index (χ1) is 7.72. The molecule has 0 atom stereocenters. The molecule has 16 heavy (non-hydrogen) atoms. The van der Waals surface area contributed by atoms with Crippen molar-refractivity contribution in [2.75, 3.05) is 7.11 Å². The lowest BCUT2D eigenvalue weighted by Gasteiger charge is -2.39. The van der Waals surface area contributed by atoms with E-state index in [0.29, 0.717) is 12.1 Å². The van der Waals surface area contributed by atoms with Gasteiger partial charge in [-0.15, -0.1) is 0 Å². The zero-order chi connectivity index (χ0) is 11.4. The summed E-state index contributed by atoms with van der Waals surface area (Å²) < 4.78 is 5.09. The molecule has 2 heteroatoms. The summed E-state index contributed by atoms with van der Waals surface area (Å²) in [5.41, 5.74) is 2.99. The average molecular weight is 219 g/mol. The molecular weight excluding hydrogens is 198 g/mol. The zero-order valence-corrected chi connectivity index (χ0v) is 10.3. The Hall–Kier alpha value is -0.860. The summed E-state index contributed by atoms with van der Waals surface area (Å²) in [5.74, 6) is 0. The zero-order valence-electron chi connectivity index (χ0n) is 10.3. The molecule has 1 aliphatic rings. The molecule has 0 heterocycles. The predicted molar refractivity (Wildman–Crippen MR) is 66.3 cm³/mol. The molecule has 0 saturated heterocycles. The van der Waals surface area contributed by atoms with Gasteiger partial charge in [0.15, 0.2) is 0 Å². The van der Waals surface area contributed by atoms with Gasteiger partial charge in [-0.05, 0) is 37.3 Å². The van der Waals surface area contributed by atoms with E-state index in [-0.39, 0.29) is 0 Å². The largest absolute Gasteiger partial charge is 0.380 e. The topological polar surface area (TPSA) is 21.3 Å². The molecule has 0 aromatic heterocycles. The van der Waals surface area contributed by atoms with Gasteiger partial charge in [-0.2, -0.15) is 0 Å². The summed E-state index contributed by atoms with van der Waals surface area (Å²) in [7, 11) is 1.73. The summed E-state index contributed by atoms with van der Waals surface area (Å²) >= 11 is 0. The fraction of sp³-hybridized carbons (Fsp3) is 0.571. The van der Waals surface area contributed by atoms with Crippen LogP contribution in [0.2, 0.25) is 0 Å². The van der Waals surface area contributed by atoms with Crippen molar-refractivity contribution in [3.05, 3.63) is 35.4 Å². The SMILES string of the molecule is COCc1ccc(CNC2(C)CCC2)cc1. The van der Waals surface area contributed by atoms with Crippen LogP contribution in [0, 0.1) is 0 Å². The highest BCUT2D eigenvalue weighted by Gasteiger charge is 2.30. The quantitative estimate of drug-likeness (QED) is 0.822. The van der Waals surface area contributed by atoms with Gasteiger partial charge in [-0.25, -0.2) is 0 Å². The van der Waals surface area contributed by atoms with Crippen LogP contribution in [0.5, 0.6) is 0 Å². The van der Waals surface area contributed by atoms with Crippen molar-refractivity contribution < 1.29 is 4.74 Å². The van der Waals surface area contributed by atoms with E-state index in [1.165, 1.54) is 30.4 Å². The van der Waals surface area contributed by atoms with E-state index in [2.05, 4.69) is 36.5 Å². The van der Waals surface area contributed by atoms with Crippen LogP contribution in [0.15, 0.2) is 24.3 Å². The Balaban J connectivity index is 1.85. The van der Waals surface area contributed by atoms with E-state index in [4.69, 9.17) is 4.74 Å². The van der Waals surface area contributed by atoms with E-state index in [0.717, 1.165) is 6.54 Å². The second-order valence-electron chi connectivity index (χ2n) is 5.02. The van der Waals surface area contributed by atoms with Crippen molar-refractivity contribution in [3.63, 3.8) is 0 Å². The van der Waals surface area contributed by atoms with Crippen LogP contribution in [0.4, 0.5) is 0 Å². The molecule has 1 saturated carbocycles. The molecule has 0 amide bonds. The van der Waals surface area contributed by atoms with Gasteiger partial charge < -0.3 is 10.1 Å². The lowest BCUT2D eigenvalue weighted by atomic mass is 9.78. The maximum atomic E-state index is 5.09. The maximum absolute atomic E-state index is 5.09. The normalized spacial score (nSPS) is 18.1. The van der Waals surface area contributed by atoms with Crippen molar-refractivity contribution in [2.45, 2.75) is 44.9 Å². The molecule has 0 unspecified atom stereocenters. The minimum absolute atomic E-state index is 0.394. The Morgan fingerprint density at radius 3 is 2.31 bits per heavy atom. The summed E-state index contributed by atoms with van der Waals surface area (Å²) in [6, 6.07) is 8.65. The van der Waals surface area contributed by atoms with Gasteiger partial charge in [0.1, 0.15) is 0 Å². The predicted octanol–water partition coefficient (Wildman–Crippen LogP) is 2.87. The molecule has 0 bridgehead atoms. The number of benzene rings is 1. The molecule has 88 valence electrons. The average Bonchev–Trinajstić information content (AvgIpc) is 2.26. The second-order valence-corrected chi connectivity index (χ2v) is 5.02. The van der Waals surface area contributed by atoms with Crippen molar-refractivity contribution in [1.82, 2.24) is 5.32 Å². The van der Waals surface area contributed by atoms with Crippen LogP contribution in [-0.2, 0) is 17.9 Å². The molecule has 0 aliphatic heterocycles. The maximum Gasteiger partial charge on any atom is 0.0713 e. The standard InChI is InChI=1S/C14H21NO/c1-14(8-3-9-14)15-10-12-4-6-13(7-5-12)11-16-2/h4-7,15H,3,8-11H2,1-2H3. The van der Waals surface area contributed by atoms with Crippen molar-refractivity contribution >= 4 is 0 Å². The number of methoxy groups -OCH3 is 1. The fourth-order valence-corrected chi connectivity index (χ4v) is 2.12. The molecule has 1 N–H and O–H groups in total. The molecule has 2 nitrogen and oxygen atoms in total. The Bertz CT molecular complexity index is 327. The third-order valence-corrected chi connectivity index (χ3v) is 3.51. The molecule has 0 radical (unpaired) electrons. The summed E-state index contributed by atoms with van der Waals surface area (Å²) in [6.07, 6.45) is 4.00. The smallest absolute Gasteiger partial charge is 0.0713 e. The van der Waals surface area contributed by atoms with Gasteiger partial charge >= 0.3 is 0 Å². The minimum atomic E-state index is 0.394. The van der Waals surface area contributed by atoms with Gasteiger partial charge in [0.25, 0.3) is 0 Å². The lowest BCUT2D eigenvalue weighted by molar-refractivity contribution is 0.185. The van der Waals surface area contributed by atoms with Gasteiger partial charge in [0, 0.05) is 19.2 Å². The van der Waals surface area contributed by atoms with Crippen LogP contribution >= 0.6 is 0 Å². The molecule has 1 aromatic rings. The summed E-state index contributed by atoms with van der Waals surface area (Å²) in [4.78, 5) is 0. The second kappa shape index (κ2) is 4.98. The summed E-state index contributed by atoms with van der Waals surface area (Å²) in [6.45, 7) is 3.99. The fourth-order valence-electron chi connectivity index (χ4n) is 2.12. The van der Waals surface area contributed by atoms with E-state index in [9.17, 15) is 0 Å². The number of hydrogen-bond acceptors (Lipinski definition) is 2. The third-order valence-electron chi connectivity index (χ3n) is 3.51. The lowest BCUT2D eigenvalue weighted by Crippen LogP contribution is -2.47. The van der Waals surface area contributed by atoms with Gasteiger partial charge in [-0.1, -0.05) is 24.3 Å². The van der Waals surface area contributed by atoms with Crippen molar-refractivity contribution in [1.29, 1.82) is 0 Å². The highest BCUT2D eigenvalue weighted by molar-refractivity contribution is 5.22. The number of rotatable bonds is 5. The van der Waals surface area contributed by atoms with E-state index in [1.807, 2.05) is 0 Å². The number of hydrogen-bond donors (Lipinski definition) is 1. The van der Waals surface area contributed by atoms with Crippen LogP contribution in [0.1, 0.15) is 37.3 Å². The molecule has 1 aromatic carbocycles. The molecular formula is C14H21NO. The van der Waals surface area contributed by atoms with Gasteiger partial charge in [-0.3, -0.25) is 0 Å². The molecule has 2 rings (SSSR count). The first kappa shape index (κ1) is 11.6. The van der Waals surface area contributed by atoms with Crippen LogP contribution in [0.3, 0.4) is 0 Å². The highest BCUT2D eigenvalue weighted by atomic mass is 16.5. The molecule has 1 aliphatic carbocycles. The Morgan fingerprint density at radius 1 is 1.19 bits per heavy atom. The molecule has 1 fully saturated rings. The number of nitrogens with one attached hydrogen (secondary N) is 1. The van der Waals surface area contributed by atoms with Crippen LogP contribution in [0.25, 0.3) is 0 Å². The monoisotopic (exact) mass is 219 g/mol. The van der Waals surface area contributed by atoms with E-state index in [1.54, 1.807) is 7.11 Å². The Labute approximate surface area is 98.0 Å². The van der Waals surface area contributed by atoms with Crippen LogP contribution in [-0.4, -0.2) is 12.6 Å². The Kier molecular flexibility index (Phi) is 3.62. The first-order valence-corrected chi connectivity index (χ1v) is 6.04. The van der Waals surface area contributed by atoms with Crippen molar-refractivity contribution in [3.8, 4) is 0 Å². The Morgan fingerprint density at radius 2 is 1.81 bits per heavy atom. The third kappa shape index (κ3) is 2.83. The van der Waals surface area contributed by atoms with Crippen molar-refractivity contribution in [2.24, 2.45) is 0 Å².